The monoisotopic (exact) mass is 322 g/mol. The molecule has 0 aromatic heterocycles. The van der Waals surface area contributed by atoms with Crippen LogP contribution in [0.1, 0.15) is 13.8 Å². The molecule has 0 saturated carbocycles. The summed E-state index contributed by atoms with van der Waals surface area (Å²) in [5, 5.41) is 0. The SMILES string of the molecule is COc1ccc(Br)c(NS(=O)(=O)NC(C)C)c1. The summed E-state index contributed by atoms with van der Waals surface area (Å²) < 4.78 is 33.9. The van der Waals surface area contributed by atoms with Crippen molar-refractivity contribution >= 4 is 31.8 Å². The van der Waals surface area contributed by atoms with E-state index < -0.39 is 10.2 Å². The summed E-state index contributed by atoms with van der Waals surface area (Å²) in [4.78, 5) is 0. The van der Waals surface area contributed by atoms with Crippen LogP contribution in [-0.4, -0.2) is 21.6 Å². The van der Waals surface area contributed by atoms with Crippen molar-refractivity contribution < 1.29 is 13.2 Å². The van der Waals surface area contributed by atoms with Crippen molar-refractivity contribution in [3.05, 3.63) is 22.7 Å². The van der Waals surface area contributed by atoms with Gasteiger partial charge in [0.1, 0.15) is 5.75 Å². The number of anilines is 1. The van der Waals surface area contributed by atoms with Crippen LogP contribution in [0.3, 0.4) is 0 Å². The first kappa shape index (κ1) is 14.3. The normalized spacial score (nSPS) is 11.6. The molecule has 0 aliphatic carbocycles. The van der Waals surface area contributed by atoms with E-state index >= 15 is 0 Å². The van der Waals surface area contributed by atoms with Gasteiger partial charge in [-0.1, -0.05) is 0 Å². The van der Waals surface area contributed by atoms with Crippen LogP contribution in [0.5, 0.6) is 5.75 Å². The summed E-state index contributed by atoms with van der Waals surface area (Å²) in [6, 6.07) is 4.88. The van der Waals surface area contributed by atoms with Crippen LogP contribution in [0.15, 0.2) is 22.7 Å². The van der Waals surface area contributed by atoms with Gasteiger partial charge in [0.05, 0.1) is 12.8 Å². The second-order valence-electron chi connectivity index (χ2n) is 3.72. The summed E-state index contributed by atoms with van der Waals surface area (Å²) >= 11 is 3.27. The lowest BCUT2D eigenvalue weighted by molar-refractivity contribution is 0.415. The van der Waals surface area contributed by atoms with Crippen LogP contribution >= 0.6 is 15.9 Å². The molecule has 0 fully saturated rings. The van der Waals surface area contributed by atoms with E-state index in [1.165, 1.54) is 7.11 Å². The molecule has 0 spiro atoms. The van der Waals surface area contributed by atoms with Crippen LogP contribution in [0.25, 0.3) is 0 Å². The molecule has 1 rings (SSSR count). The number of benzene rings is 1. The largest absolute Gasteiger partial charge is 0.497 e. The van der Waals surface area contributed by atoms with Crippen LogP contribution < -0.4 is 14.2 Å². The van der Waals surface area contributed by atoms with E-state index in [2.05, 4.69) is 25.4 Å². The van der Waals surface area contributed by atoms with E-state index in [9.17, 15) is 8.42 Å². The standard InChI is InChI=1S/C10H15BrN2O3S/c1-7(2)12-17(14,15)13-10-6-8(16-3)4-5-9(10)11/h4-7,12-13H,1-3H3. The number of nitrogens with one attached hydrogen (secondary N) is 2. The molecule has 2 N–H and O–H groups in total. The minimum Gasteiger partial charge on any atom is -0.497 e. The van der Waals surface area contributed by atoms with E-state index in [1.807, 2.05) is 0 Å². The summed E-state index contributed by atoms with van der Waals surface area (Å²) in [6.45, 7) is 3.50. The average Bonchev–Trinajstić information content (AvgIpc) is 2.19. The van der Waals surface area contributed by atoms with Gasteiger partial charge in [-0.3, -0.25) is 4.72 Å². The van der Waals surface area contributed by atoms with Gasteiger partial charge in [0.25, 0.3) is 10.2 Å². The molecule has 5 nitrogen and oxygen atoms in total. The van der Waals surface area contributed by atoms with E-state index in [4.69, 9.17) is 4.74 Å². The Hall–Kier alpha value is -0.790. The lowest BCUT2D eigenvalue weighted by Crippen LogP contribution is -2.35. The molecular formula is C10H15BrN2O3S. The fourth-order valence-corrected chi connectivity index (χ4v) is 2.81. The smallest absolute Gasteiger partial charge is 0.299 e. The number of ether oxygens (including phenoxy) is 1. The summed E-state index contributed by atoms with van der Waals surface area (Å²) in [7, 11) is -2.05. The first-order chi connectivity index (χ1) is 7.84. The molecule has 0 aliphatic heterocycles. The summed E-state index contributed by atoms with van der Waals surface area (Å²) in [5.74, 6) is 0.579. The van der Waals surface area contributed by atoms with Gasteiger partial charge >= 0.3 is 0 Å². The second kappa shape index (κ2) is 5.70. The Morgan fingerprint density at radius 1 is 1.35 bits per heavy atom. The number of halogens is 1. The number of hydrogen-bond donors (Lipinski definition) is 2. The second-order valence-corrected chi connectivity index (χ2v) is 6.02. The highest BCUT2D eigenvalue weighted by Gasteiger charge is 2.13. The van der Waals surface area contributed by atoms with Gasteiger partial charge in [0.15, 0.2) is 0 Å². The Labute approximate surface area is 110 Å². The van der Waals surface area contributed by atoms with Gasteiger partial charge in [0, 0.05) is 16.6 Å². The minimum atomic E-state index is -3.57. The van der Waals surface area contributed by atoms with E-state index in [-0.39, 0.29) is 6.04 Å². The third-order valence-corrected chi connectivity index (χ3v) is 3.77. The first-order valence-electron chi connectivity index (χ1n) is 4.97. The predicted octanol–water partition coefficient (Wildman–Crippen LogP) is 2.11. The zero-order valence-electron chi connectivity index (χ0n) is 9.82. The van der Waals surface area contributed by atoms with Gasteiger partial charge in [-0.25, -0.2) is 0 Å². The fraction of sp³-hybridized carbons (Fsp3) is 0.400. The molecule has 0 atom stereocenters. The lowest BCUT2D eigenvalue weighted by Gasteiger charge is -2.13. The molecule has 7 heteroatoms. The molecule has 1 aromatic rings. The Balaban J connectivity index is 2.94. The topological polar surface area (TPSA) is 67.4 Å². The predicted molar refractivity (Wildman–Crippen MR) is 71.5 cm³/mol. The molecule has 17 heavy (non-hydrogen) atoms. The van der Waals surface area contributed by atoms with Crippen molar-refractivity contribution in [2.45, 2.75) is 19.9 Å². The van der Waals surface area contributed by atoms with Crippen molar-refractivity contribution in [1.82, 2.24) is 4.72 Å². The first-order valence-corrected chi connectivity index (χ1v) is 7.25. The molecule has 0 aliphatic rings. The fourth-order valence-electron chi connectivity index (χ4n) is 1.19. The van der Waals surface area contributed by atoms with Crippen molar-refractivity contribution in [3.63, 3.8) is 0 Å². The molecular weight excluding hydrogens is 308 g/mol. The summed E-state index contributed by atoms with van der Waals surface area (Å²) in [6.07, 6.45) is 0. The van der Waals surface area contributed by atoms with Gasteiger partial charge < -0.3 is 4.74 Å². The summed E-state index contributed by atoms with van der Waals surface area (Å²) in [5.41, 5.74) is 0.428. The van der Waals surface area contributed by atoms with Crippen LogP contribution in [0.4, 0.5) is 5.69 Å². The van der Waals surface area contributed by atoms with E-state index in [0.717, 1.165) is 0 Å². The average molecular weight is 323 g/mol. The van der Waals surface area contributed by atoms with Crippen molar-refractivity contribution in [3.8, 4) is 5.75 Å². The van der Waals surface area contributed by atoms with Crippen LogP contribution in [0.2, 0.25) is 0 Å². The highest BCUT2D eigenvalue weighted by molar-refractivity contribution is 9.10. The maximum atomic E-state index is 11.7. The molecule has 0 radical (unpaired) electrons. The molecule has 0 unspecified atom stereocenters. The third kappa shape index (κ3) is 4.53. The van der Waals surface area contributed by atoms with Gasteiger partial charge in [0.2, 0.25) is 0 Å². The maximum absolute atomic E-state index is 11.7. The van der Waals surface area contributed by atoms with Crippen molar-refractivity contribution in [1.29, 1.82) is 0 Å². The van der Waals surface area contributed by atoms with Gasteiger partial charge in [-0.15, -0.1) is 0 Å². The Bertz CT molecular complexity index is 488. The van der Waals surface area contributed by atoms with E-state index in [0.29, 0.717) is 15.9 Å². The van der Waals surface area contributed by atoms with Gasteiger partial charge in [-0.2, -0.15) is 13.1 Å². The quantitative estimate of drug-likeness (QED) is 0.872. The molecule has 0 saturated heterocycles. The molecule has 0 bridgehead atoms. The third-order valence-electron chi connectivity index (χ3n) is 1.81. The number of rotatable bonds is 5. The molecule has 0 heterocycles. The zero-order valence-corrected chi connectivity index (χ0v) is 12.2. The Morgan fingerprint density at radius 3 is 2.53 bits per heavy atom. The number of hydrogen-bond acceptors (Lipinski definition) is 3. The Morgan fingerprint density at radius 2 is 2.00 bits per heavy atom. The van der Waals surface area contributed by atoms with Crippen LogP contribution in [-0.2, 0) is 10.2 Å². The van der Waals surface area contributed by atoms with Crippen molar-refractivity contribution in [2.75, 3.05) is 11.8 Å². The maximum Gasteiger partial charge on any atom is 0.299 e. The number of methoxy groups -OCH3 is 1. The minimum absolute atomic E-state index is 0.170. The molecule has 0 amide bonds. The Kier molecular flexibility index (Phi) is 4.79. The highest BCUT2D eigenvalue weighted by atomic mass is 79.9. The zero-order chi connectivity index (χ0) is 13.1. The lowest BCUT2D eigenvalue weighted by atomic mass is 10.3. The van der Waals surface area contributed by atoms with Crippen LogP contribution in [0, 0.1) is 0 Å². The van der Waals surface area contributed by atoms with Crippen molar-refractivity contribution in [2.24, 2.45) is 0 Å². The van der Waals surface area contributed by atoms with E-state index in [1.54, 1.807) is 32.0 Å². The highest BCUT2D eigenvalue weighted by Crippen LogP contribution is 2.27. The van der Waals surface area contributed by atoms with Gasteiger partial charge in [-0.05, 0) is 41.9 Å². The molecule has 1 aromatic carbocycles. The molecule has 96 valence electrons.